The monoisotopic (exact) mass is 586 g/mol. The Bertz CT molecular complexity index is 1660. The summed E-state index contributed by atoms with van der Waals surface area (Å²) in [7, 11) is -1.65. The predicted octanol–water partition coefficient (Wildman–Crippen LogP) is 2.34. The molecular weight excluding hydrogens is 559 g/mol. The molecule has 0 aliphatic carbocycles. The lowest BCUT2D eigenvalue weighted by molar-refractivity contribution is -0.121. The van der Waals surface area contributed by atoms with Crippen molar-refractivity contribution in [2.24, 2.45) is 4.99 Å². The molecule has 0 spiro atoms. The van der Waals surface area contributed by atoms with E-state index in [1.165, 1.54) is 12.1 Å². The number of amides is 2. The number of hydrogen-bond donors (Lipinski definition) is 4. The van der Waals surface area contributed by atoms with Crippen LogP contribution in [0.3, 0.4) is 0 Å². The van der Waals surface area contributed by atoms with E-state index in [0.29, 0.717) is 45.9 Å². The Balaban J connectivity index is 1.49. The van der Waals surface area contributed by atoms with E-state index in [1.807, 2.05) is 36.6 Å². The molecule has 4 N–H and O–H groups in total. The minimum absolute atomic E-state index is 0.0785. The summed E-state index contributed by atoms with van der Waals surface area (Å²) in [4.78, 5) is 30.3. The van der Waals surface area contributed by atoms with Crippen molar-refractivity contribution in [1.29, 1.82) is 0 Å². The van der Waals surface area contributed by atoms with Crippen LogP contribution in [0.15, 0.2) is 71.7 Å². The molecule has 4 aromatic rings. The van der Waals surface area contributed by atoms with E-state index < -0.39 is 19.1 Å². The quantitative estimate of drug-likeness (QED) is 0.220. The molecule has 214 valence electrons. The molecule has 2 amide bonds. The van der Waals surface area contributed by atoms with E-state index in [4.69, 9.17) is 21.3 Å². The maximum atomic E-state index is 12.6. The molecule has 1 atom stereocenters. The number of fused-ring (bicyclic) bond motifs is 3. The van der Waals surface area contributed by atoms with Crippen LogP contribution < -0.4 is 20.8 Å². The fraction of sp³-hybridized carbons (Fsp3) is 0.207. The van der Waals surface area contributed by atoms with Gasteiger partial charge < -0.3 is 25.4 Å². The summed E-state index contributed by atoms with van der Waals surface area (Å²) in [6.07, 6.45) is 0.0785. The van der Waals surface area contributed by atoms with E-state index in [9.17, 15) is 19.6 Å². The van der Waals surface area contributed by atoms with Gasteiger partial charge in [-0.05, 0) is 61.8 Å². The highest BCUT2D eigenvalue weighted by Crippen LogP contribution is 2.34. The van der Waals surface area contributed by atoms with Gasteiger partial charge in [0.15, 0.2) is 12.4 Å². The number of halogens is 1. The van der Waals surface area contributed by atoms with E-state index in [0.717, 1.165) is 11.3 Å². The number of aromatic nitrogens is 3. The van der Waals surface area contributed by atoms with Crippen LogP contribution in [0.5, 0.6) is 5.75 Å². The van der Waals surface area contributed by atoms with E-state index in [1.54, 1.807) is 36.4 Å². The summed E-state index contributed by atoms with van der Waals surface area (Å²) >= 11 is 6.17. The van der Waals surface area contributed by atoms with Gasteiger partial charge in [0.25, 0.3) is 5.91 Å². The van der Waals surface area contributed by atoms with Crippen LogP contribution >= 0.6 is 11.6 Å². The SMILES string of the molecule is CCNC(=O)C[C@@H]1N=C(c2ccc(Cl)cc2)c2cc(OCC(=O)Nc3cccc(B(O)O)c3)ccc2-n2c(C)nnc21. The molecule has 5 rings (SSSR count). The summed E-state index contributed by atoms with van der Waals surface area (Å²) in [5.41, 5.74) is 3.48. The zero-order valence-corrected chi connectivity index (χ0v) is 23.7. The highest BCUT2D eigenvalue weighted by atomic mass is 35.5. The number of hydrogen-bond acceptors (Lipinski definition) is 8. The van der Waals surface area contributed by atoms with Crippen LogP contribution in [-0.4, -0.2) is 62.6 Å². The predicted molar refractivity (Wildman–Crippen MR) is 160 cm³/mol. The summed E-state index contributed by atoms with van der Waals surface area (Å²) in [6.45, 7) is 3.88. The Morgan fingerprint density at radius 1 is 1.05 bits per heavy atom. The van der Waals surface area contributed by atoms with Crippen molar-refractivity contribution in [2.45, 2.75) is 26.3 Å². The molecule has 11 nitrogen and oxygen atoms in total. The average molecular weight is 587 g/mol. The van der Waals surface area contributed by atoms with Crippen LogP contribution in [0.1, 0.15) is 42.2 Å². The normalized spacial score (nSPS) is 13.7. The molecule has 0 fully saturated rings. The van der Waals surface area contributed by atoms with Gasteiger partial charge in [0.05, 0.1) is 17.8 Å². The van der Waals surface area contributed by atoms with Crippen LogP contribution in [0.25, 0.3) is 5.69 Å². The number of benzene rings is 3. The molecule has 2 heterocycles. The molecule has 0 unspecified atom stereocenters. The minimum Gasteiger partial charge on any atom is -0.484 e. The number of rotatable bonds is 9. The number of ether oxygens (including phenoxy) is 1. The zero-order valence-electron chi connectivity index (χ0n) is 22.9. The van der Waals surface area contributed by atoms with Crippen molar-refractivity contribution in [3.05, 3.63) is 94.5 Å². The first-order valence-electron chi connectivity index (χ1n) is 13.3. The number of nitrogens with one attached hydrogen (secondary N) is 2. The number of anilines is 1. The van der Waals surface area contributed by atoms with Crippen LogP contribution in [0.2, 0.25) is 5.02 Å². The van der Waals surface area contributed by atoms with Crippen LogP contribution in [0.4, 0.5) is 5.69 Å². The zero-order chi connectivity index (χ0) is 29.8. The molecule has 0 radical (unpaired) electrons. The summed E-state index contributed by atoms with van der Waals surface area (Å²) < 4.78 is 7.74. The maximum absolute atomic E-state index is 12.6. The number of carbonyl (C=O) groups is 2. The van der Waals surface area contributed by atoms with E-state index in [2.05, 4.69) is 20.8 Å². The molecule has 42 heavy (non-hydrogen) atoms. The van der Waals surface area contributed by atoms with Crippen molar-refractivity contribution >= 4 is 47.4 Å². The van der Waals surface area contributed by atoms with E-state index in [-0.39, 0.29) is 24.4 Å². The van der Waals surface area contributed by atoms with Gasteiger partial charge in [-0.15, -0.1) is 10.2 Å². The number of aliphatic imine (C=N–C) groups is 1. The Morgan fingerprint density at radius 2 is 1.83 bits per heavy atom. The highest BCUT2D eigenvalue weighted by Gasteiger charge is 2.30. The summed E-state index contributed by atoms with van der Waals surface area (Å²) in [5, 5.41) is 33.5. The van der Waals surface area contributed by atoms with Crippen LogP contribution in [-0.2, 0) is 9.59 Å². The fourth-order valence-corrected chi connectivity index (χ4v) is 4.83. The second kappa shape index (κ2) is 12.6. The van der Waals surface area contributed by atoms with Gasteiger partial charge in [0.1, 0.15) is 17.6 Å². The maximum Gasteiger partial charge on any atom is 0.488 e. The second-order valence-corrected chi connectivity index (χ2v) is 10.1. The molecule has 13 heteroatoms. The van der Waals surface area contributed by atoms with Gasteiger partial charge >= 0.3 is 7.12 Å². The molecule has 1 aromatic heterocycles. The molecular formula is C29H28BClN6O5. The van der Waals surface area contributed by atoms with Gasteiger partial charge in [-0.3, -0.25) is 19.1 Å². The van der Waals surface area contributed by atoms with Crippen molar-refractivity contribution in [3.63, 3.8) is 0 Å². The Morgan fingerprint density at radius 3 is 2.57 bits per heavy atom. The number of aryl methyl sites for hydroxylation is 1. The van der Waals surface area contributed by atoms with Crippen LogP contribution in [0, 0.1) is 6.92 Å². The molecule has 1 aliphatic rings. The lowest BCUT2D eigenvalue weighted by Gasteiger charge is -2.15. The minimum atomic E-state index is -1.65. The summed E-state index contributed by atoms with van der Waals surface area (Å²) in [5.74, 6) is 0.990. The molecule has 0 saturated carbocycles. The Labute approximate surface area is 247 Å². The summed E-state index contributed by atoms with van der Waals surface area (Å²) in [6, 6.07) is 18.2. The third-order valence-electron chi connectivity index (χ3n) is 6.61. The average Bonchev–Trinajstić information content (AvgIpc) is 3.29. The third-order valence-corrected chi connectivity index (χ3v) is 6.86. The molecule has 0 saturated heterocycles. The largest absolute Gasteiger partial charge is 0.488 e. The van der Waals surface area contributed by atoms with Crippen molar-refractivity contribution in [1.82, 2.24) is 20.1 Å². The lowest BCUT2D eigenvalue weighted by Crippen LogP contribution is -2.30. The topological polar surface area (TPSA) is 151 Å². The smallest absolute Gasteiger partial charge is 0.484 e. The van der Waals surface area contributed by atoms with Gasteiger partial charge in [-0.2, -0.15) is 0 Å². The molecule has 3 aromatic carbocycles. The standard InChI is InChI=1S/C29H28BClN6O5/c1-3-32-26(38)15-24-29-36-35-17(2)37(29)25-12-11-22(14-23(25)28(34-24)18-7-9-20(31)10-8-18)42-16-27(39)33-21-6-4-5-19(13-21)30(40)41/h4-14,24,40-41H,3,15-16H2,1-2H3,(H,32,38)(H,33,39)/t24-/m0/s1. The second-order valence-electron chi connectivity index (χ2n) is 9.61. The van der Waals surface area contributed by atoms with Crippen molar-refractivity contribution < 1.29 is 24.4 Å². The lowest BCUT2D eigenvalue weighted by atomic mass is 9.80. The van der Waals surface area contributed by atoms with Crippen molar-refractivity contribution in [3.8, 4) is 11.4 Å². The van der Waals surface area contributed by atoms with Gasteiger partial charge in [0.2, 0.25) is 5.91 Å². The third kappa shape index (κ3) is 6.36. The first-order valence-corrected chi connectivity index (χ1v) is 13.7. The first kappa shape index (κ1) is 29.0. The Kier molecular flexibility index (Phi) is 8.67. The van der Waals surface area contributed by atoms with Crippen molar-refractivity contribution in [2.75, 3.05) is 18.5 Å². The van der Waals surface area contributed by atoms with Gasteiger partial charge in [-0.1, -0.05) is 35.9 Å². The molecule has 1 aliphatic heterocycles. The van der Waals surface area contributed by atoms with Gasteiger partial charge in [-0.25, -0.2) is 0 Å². The van der Waals surface area contributed by atoms with E-state index >= 15 is 0 Å². The number of nitrogens with zero attached hydrogens (tertiary/aromatic N) is 4. The number of carbonyl (C=O) groups excluding carboxylic acids is 2. The Hall–Kier alpha value is -4.52. The van der Waals surface area contributed by atoms with Gasteiger partial charge in [0, 0.05) is 28.4 Å². The first-order chi connectivity index (χ1) is 20.2. The fourth-order valence-electron chi connectivity index (χ4n) is 4.71. The highest BCUT2D eigenvalue weighted by molar-refractivity contribution is 6.58. The molecule has 0 bridgehead atoms.